The maximum absolute atomic E-state index is 5.96. The van der Waals surface area contributed by atoms with Crippen molar-refractivity contribution in [2.24, 2.45) is 0 Å². The molecule has 1 saturated heterocycles. The predicted molar refractivity (Wildman–Crippen MR) is 97.1 cm³/mol. The topological polar surface area (TPSA) is 54.7 Å². The third kappa shape index (κ3) is 3.39. The molecule has 1 fully saturated rings. The van der Waals surface area contributed by atoms with Crippen LogP contribution in [-0.4, -0.2) is 58.9 Å². The Morgan fingerprint density at radius 1 is 1.21 bits per heavy atom. The Morgan fingerprint density at radius 3 is 2.79 bits per heavy atom. The second-order valence-corrected chi connectivity index (χ2v) is 7.03. The predicted octanol–water partition coefficient (Wildman–Crippen LogP) is 2.86. The molecular weight excluding hydrogens is 346 g/mol. The zero-order chi connectivity index (χ0) is 16.4. The Bertz CT molecular complexity index is 810. The van der Waals surface area contributed by atoms with Crippen LogP contribution in [0.25, 0.3) is 16.2 Å². The lowest BCUT2D eigenvalue weighted by Gasteiger charge is -2.26. The molecule has 2 aromatic heterocycles. The van der Waals surface area contributed by atoms with Crippen molar-refractivity contribution < 1.29 is 4.74 Å². The smallest absolute Gasteiger partial charge is 0.214 e. The lowest BCUT2D eigenvalue weighted by atomic mass is 10.2. The summed E-state index contributed by atoms with van der Waals surface area (Å²) in [5.74, 6) is 0. The maximum atomic E-state index is 5.96. The minimum Gasteiger partial charge on any atom is -0.379 e. The molecule has 0 amide bonds. The Balaban J connectivity index is 1.44. The molecule has 3 aromatic rings. The van der Waals surface area contributed by atoms with E-state index in [1.54, 1.807) is 11.3 Å². The summed E-state index contributed by atoms with van der Waals surface area (Å²) in [6, 6.07) is 7.72. The highest BCUT2D eigenvalue weighted by Crippen LogP contribution is 2.26. The largest absolute Gasteiger partial charge is 0.379 e. The van der Waals surface area contributed by atoms with Gasteiger partial charge in [0, 0.05) is 36.8 Å². The van der Waals surface area contributed by atoms with Crippen LogP contribution in [-0.2, 0) is 4.74 Å². The molecule has 3 heterocycles. The van der Waals surface area contributed by atoms with E-state index in [2.05, 4.69) is 20.3 Å². The number of nitrogens with one attached hydrogen (secondary N) is 1. The molecule has 0 bridgehead atoms. The molecule has 1 aliphatic rings. The Kier molecular flexibility index (Phi) is 4.66. The van der Waals surface area contributed by atoms with E-state index in [-0.39, 0.29) is 0 Å². The fourth-order valence-corrected chi connectivity index (χ4v) is 3.65. The molecule has 126 valence electrons. The standard InChI is InChI=1S/C16H18ClN5OS/c17-13-3-1-12(2-4-13)14-11-19-16-22(14)20-15(24-16)18-5-6-21-7-9-23-10-8-21/h1-4,11H,5-10H2,(H,18,20). The van der Waals surface area contributed by atoms with E-state index in [1.807, 2.05) is 35.0 Å². The minimum absolute atomic E-state index is 0.725. The number of morpholine rings is 1. The van der Waals surface area contributed by atoms with Gasteiger partial charge in [-0.1, -0.05) is 35.1 Å². The van der Waals surface area contributed by atoms with Gasteiger partial charge in [-0.3, -0.25) is 4.90 Å². The summed E-state index contributed by atoms with van der Waals surface area (Å²) >= 11 is 7.52. The van der Waals surface area contributed by atoms with Crippen LogP contribution in [0.1, 0.15) is 0 Å². The molecule has 1 N–H and O–H groups in total. The van der Waals surface area contributed by atoms with Crippen LogP contribution in [0, 0.1) is 0 Å². The van der Waals surface area contributed by atoms with Gasteiger partial charge < -0.3 is 10.1 Å². The molecule has 1 aliphatic heterocycles. The van der Waals surface area contributed by atoms with Crippen molar-refractivity contribution in [1.82, 2.24) is 19.5 Å². The average molecular weight is 364 g/mol. The first kappa shape index (κ1) is 15.8. The number of ether oxygens (including phenoxy) is 1. The van der Waals surface area contributed by atoms with Crippen LogP contribution in [0.3, 0.4) is 0 Å². The summed E-state index contributed by atoms with van der Waals surface area (Å²) in [4.78, 5) is 7.74. The number of anilines is 1. The van der Waals surface area contributed by atoms with Gasteiger partial charge in [-0.05, 0) is 12.1 Å². The summed E-state index contributed by atoms with van der Waals surface area (Å²) in [6.45, 7) is 5.53. The fourth-order valence-electron chi connectivity index (χ4n) is 2.73. The highest BCUT2D eigenvalue weighted by atomic mass is 35.5. The van der Waals surface area contributed by atoms with Crippen molar-refractivity contribution in [1.29, 1.82) is 0 Å². The lowest BCUT2D eigenvalue weighted by molar-refractivity contribution is 0.0398. The van der Waals surface area contributed by atoms with E-state index >= 15 is 0 Å². The van der Waals surface area contributed by atoms with E-state index < -0.39 is 0 Å². The van der Waals surface area contributed by atoms with Crippen LogP contribution in [0.15, 0.2) is 30.5 Å². The van der Waals surface area contributed by atoms with Crippen molar-refractivity contribution in [3.63, 3.8) is 0 Å². The third-order valence-corrected chi connectivity index (χ3v) is 5.17. The summed E-state index contributed by atoms with van der Waals surface area (Å²) < 4.78 is 7.24. The molecule has 6 nitrogen and oxygen atoms in total. The monoisotopic (exact) mass is 363 g/mol. The van der Waals surface area contributed by atoms with Gasteiger partial charge in [0.1, 0.15) is 0 Å². The molecule has 0 saturated carbocycles. The molecule has 0 atom stereocenters. The first-order valence-electron chi connectivity index (χ1n) is 7.94. The van der Waals surface area contributed by atoms with Crippen molar-refractivity contribution in [3.05, 3.63) is 35.5 Å². The number of benzene rings is 1. The molecular formula is C16H18ClN5OS. The number of imidazole rings is 1. The average Bonchev–Trinajstić information content (AvgIpc) is 3.17. The Hall–Kier alpha value is -1.67. The zero-order valence-corrected chi connectivity index (χ0v) is 14.7. The van der Waals surface area contributed by atoms with Gasteiger partial charge >= 0.3 is 0 Å². The lowest BCUT2D eigenvalue weighted by Crippen LogP contribution is -2.39. The van der Waals surface area contributed by atoms with Crippen LogP contribution >= 0.6 is 22.9 Å². The van der Waals surface area contributed by atoms with E-state index in [9.17, 15) is 0 Å². The SMILES string of the molecule is Clc1ccc(-c2cnc3sc(NCCN4CCOCC4)nn23)cc1. The second kappa shape index (κ2) is 7.06. The van der Waals surface area contributed by atoms with Gasteiger partial charge in [0.05, 0.1) is 25.1 Å². The molecule has 1 aromatic carbocycles. The molecule has 4 rings (SSSR count). The number of fused-ring (bicyclic) bond motifs is 1. The van der Waals surface area contributed by atoms with Crippen LogP contribution in [0.4, 0.5) is 5.13 Å². The van der Waals surface area contributed by atoms with Gasteiger partial charge in [-0.15, -0.1) is 5.10 Å². The number of rotatable bonds is 5. The summed E-state index contributed by atoms with van der Waals surface area (Å²) in [6.07, 6.45) is 1.85. The van der Waals surface area contributed by atoms with Gasteiger partial charge in [0.2, 0.25) is 10.1 Å². The number of aromatic nitrogens is 3. The van der Waals surface area contributed by atoms with Crippen molar-refractivity contribution >= 4 is 33.0 Å². The van der Waals surface area contributed by atoms with Gasteiger partial charge in [-0.25, -0.2) is 9.50 Å². The summed E-state index contributed by atoms with van der Waals surface area (Å²) in [7, 11) is 0. The third-order valence-electron chi connectivity index (χ3n) is 4.03. The Morgan fingerprint density at radius 2 is 2.00 bits per heavy atom. The number of nitrogens with zero attached hydrogens (tertiary/aromatic N) is 4. The van der Waals surface area contributed by atoms with Gasteiger partial charge in [0.15, 0.2) is 0 Å². The van der Waals surface area contributed by atoms with Crippen LogP contribution < -0.4 is 5.32 Å². The number of hydrogen-bond acceptors (Lipinski definition) is 6. The summed E-state index contributed by atoms with van der Waals surface area (Å²) in [5.41, 5.74) is 2.02. The van der Waals surface area contributed by atoms with Gasteiger partial charge in [-0.2, -0.15) is 0 Å². The molecule has 0 aliphatic carbocycles. The first-order valence-corrected chi connectivity index (χ1v) is 9.13. The number of hydrogen-bond donors (Lipinski definition) is 1. The first-order chi connectivity index (χ1) is 11.8. The van der Waals surface area contributed by atoms with Crippen LogP contribution in [0.2, 0.25) is 5.02 Å². The molecule has 24 heavy (non-hydrogen) atoms. The molecule has 0 unspecified atom stereocenters. The fraction of sp³-hybridized carbons (Fsp3) is 0.375. The van der Waals surface area contributed by atoms with E-state index in [1.165, 1.54) is 0 Å². The van der Waals surface area contributed by atoms with Gasteiger partial charge in [0.25, 0.3) is 0 Å². The summed E-state index contributed by atoms with van der Waals surface area (Å²) in [5, 5.41) is 9.65. The highest BCUT2D eigenvalue weighted by molar-refractivity contribution is 7.20. The van der Waals surface area contributed by atoms with E-state index in [0.717, 1.165) is 65.8 Å². The van der Waals surface area contributed by atoms with Crippen molar-refractivity contribution in [2.75, 3.05) is 44.7 Å². The Labute approximate surface area is 149 Å². The normalized spacial score (nSPS) is 15.9. The molecule has 0 radical (unpaired) electrons. The second-order valence-electron chi connectivity index (χ2n) is 5.63. The van der Waals surface area contributed by atoms with E-state index in [4.69, 9.17) is 16.3 Å². The van der Waals surface area contributed by atoms with Crippen LogP contribution in [0.5, 0.6) is 0 Å². The zero-order valence-electron chi connectivity index (χ0n) is 13.1. The number of halogens is 1. The van der Waals surface area contributed by atoms with Crippen molar-refractivity contribution in [2.45, 2.75) is 0 Å². The minimum atomic E-state index is 0.725. The molecule has 8 heteroatoms. The molecule has 0 spiro atoms. The highest BCUT2D eigenvalue weighted by Gasteiger charge is 2.13. The maximum Gasteiger partial charge on any atom is 0.214 e. The quantitative estimate of drug-likeness (QED) is 0.755. The van der Waals surface area contributed by atoms with E-state index in [0.29, 0.717) is 0 Å². The van der Waals surface area contributed by atoms with Crippen molar-refractivity contribution in [3.8, 4) is 11.3 Å².